The first-order chi connectivity index (χ1) is 14.2. The fourth-order valence-corrected chi connectivity index (χ4v) is 4.77. The maximum atomic E-state index is 5.41. The van der Waals surface area contributed by atoms with Gasteiger partial charge in [-0.1, -0.05) is 5.16 Å². The topological polar surface area (TPSA) is 77.1 Å². The van der Waals surface area contributed by atoms with Gasteiger partial charge in [0.2, 0.25) is 0 Å². The molecule has 5 rings (SSSR count). The second kappa shape index (κ2) is 7.41. The van der Waals surface area contributed by atoms with Crippen molar-refractivity contribution in [3.05, 3.63) is 52.4 Å². The molecule has 4 heterocycles. The van der Waals surface area contributed by atoms with Gasteiger partial charge in [0, 0.05) is 18.0 Å². The molecular weight excluding hydrogens is 388 g/mol. The van der Waals surface area contributed by atoms with Crippen LogP contribution in [0.15, 0.2) is 35.7 Å². The molecule has 3 aromatic heterocycles. The predicted octanol–water partition coefficient (Wildman–Crippen LogP) is 2.89. The highest BCUT2D eigenvalue weighted by Gasteiger charge is 2.22. The summed E-state index contributed by atoms with van der Waals surface area (Å²) in [5.74, 6) is 1.39. The van der Waals surface area contributed by atoms with E-state index >= 15 is 0 Å². The first-order valence-electron chi connectivity index (χ1n) is 9.33. The number of fused-ring (bicyclic) bond motifs is 5. The summed E-state index contributed by atoms with van der Waals surface area (Å²) in [6.45, 7) is 2.21. The van der Waals surface area contributed by atoms with Crippen molar-refractivity contribution in [2.45, 2.75) is 19.6 Å². The molecule has 0 unspecified atom stereocenters. The van der Waals surface area contributed by atoms with E-state index < -0.39 is 0 Å². The van der Waals surface area contributed by atoms with Gasteiger partial charge in [0.15, 0.2) is 18.1 Å². The van der Waals surface area contributed by atoms with Crippen LogP contribution >= 0.6 is 11.3 Å². The second-order valence-electron chi connectivity index (χ2n) is 6.99. The summed E-state index contributed by atoms with van der Waals surface area (Å²) >= 11 is 1.75. The molecule has 0 bridgehead atoms. The highest BCUT2D eigenvalue weighted by molar-refractivity contribution is 7.19. The molecule has 8 nitrogen and oxygen atoms in total. The predicted molar refractivity (Wildman–Crippen MR) is 112 cm³/mol. The summed E-state index contributed by atoms with van der Waals surface area (Å²) in [4.78, 5) is 19.4. The molecule has 29 heavy (non-hydrogen) atoms. The third kappa shape index (κ3) is 3.43. The SMILES string of the molecule is COc1ccc(/C=N\OCc2nc3c4c5c(sc4ncn3n2)CN(C)CC5)cc1. The van der Waals surface area contributed by atoms with Gasteiger partial charge in [0.1, 0.15) is 16.9 Å². The summed E-state index contributed by atoms with van der Waals surface area (Å²) in [6.07, 6.45) is 4.39. The van der Waals surface area contributed by atoms with E-state index in [2.05, 4.69) is 27.2 Å². The lowest BCUT2D eigenvalue weighted by Crippen LogP contribution is -2.25. The molecule has 1 aliphatic heterocycles. The van der Waals surface area contributed by atoms with Crippen molar-refractivity contribution in [2.24, 2.45) is 5.16 Å². The van der Waals surface area contributed by atoms with Crippen molar-refractivity contribution in [2.75, 3.05) is 20.7 Å². The van der Waals surface area contributed by atoms with Crippen LogP contribution in [0.4, 0.5) is 0 Å². The standard InChI is InChI=1S/C20H20N6O2S/c1-25-8-7-15-16(10-25)29-20-18(15)19-23-17(24-26(19)12-21-20)11-28-22-9-13-3-5-14(27-2)6-4-13/h3-6,9,12H,7-8,10-11H2,1-2H3/b22-9-. The van der Waals surface area contributed by atoms with Gasteiger partial charge in [-0.25, -0.2) is 14.5 Å². The van der Waals surface area contributed by atoms with Gasteiger partial charge in [-0.15, -0.1) is 16.4 Å². The minimum atomic E-state index is 0.199. The molecule has 148 valence electrons. The monoisotopic (exact) mass is 408 g/mol. The van der Waals surface area contributed by atoms with Crippen LogP contribution in [-0.4, -0.2) is 51.4 Å². The lowest BCUT2D eigenvalue weighted by Gasteiger charge is -2.21. The van der Waals surface area contributed by atoms with Crippen LogP contribution in [0.3, 0.4) is 0 Å². The van der Waals surface area contributed by atoms with E-state index in [1.165, 1.54) is 10.4 Å². The zero-order valence-electron chi connectivity index (χ0n) is 16.2. The second-order valence-corrected chi connectivity index (χ2v) is 8.08. The maximum Gasteiger partial charge on any atom is 0.192 e. The molecule has 0 fully saturated rings. The van der Waals surface area contributed by atoms with Crippen molar-refractivity contribution >= 4 is 33.4 Å². The van der Waals surface area contributed by atoms with Crippen LogP contribution in [0.2, 0.25) is 0 Å². The molecule has 0 atom stereocenters. The fraction of sp³-hybridized carbons (Fsp3) is 0.300. The minimum absolute atomic E-state index is 0.199. The van der Waals surface area contributed by atoms with Gasteiger partial charge in [-0.3, -0.25) is 0 Å². The van der Waals surface area contributed by atoms with E-state index in [-0.39, 0.29) is 6.61 Å². The average molecular weight is 408 g/mol. The summed E-state index contributed by atoms with van der Waals surface area (Å²) < 4.78 is 6.88. The van der Waals surface area contributed by atoms with Gasteiger partial charge in [-0.05, 0) is 48.9 Å². The molecule has 9 heteroatoms. The number of oxime groups is 1. The number of thiophene rings is 1. The van der Waals surface area contributed by atoms with E-state index in [9.17, 15) is 0 Å². The van der Waals surface area contributed by atoms with Gasteiger partial charge < -0.3 is 14.5 Å². The summed E-state index contributed by atoms with van der Waals surface area (Å²) in [5.41, 5.74) is 3.13. The van der Waals surface area contributed by atoms with Crippen molar-refractivity contribution < 1.29 is 9.57 Å². The molecule has 0 aliphatic carbocycles. The molecule has 1 aliphatic rings. The molecule has 0 saturated carbocycles. The summed E-state index contributed by atoms with van der Waals surface area (Å²) in [6, 6.07) is 7.58. The zero-order valence-corrected chi connectivity index (χ0v) is 17.0. The van der Waals surface area contributed by atoms with E-state index in [1.54, 1.807) is 35.5 Å². The minimum Gasteiger partial charge on any atom is -0.497 e. The molecule has 1 aromatic carbocycles. The van der Waals surface area contributed by atoms with Crippen molar-refractivity contribution in [3.8, 4) is 5.75 Å². The Labute approximate surface area is 171 Å². The smallest absolute Gasteiger partial charge is 0.192 e. The molecule has 0 radical (unpaired) electrons. The van der Waals surface area contributed by atoms with Crippen molar-refractivity contribution in [1.82, 2.24) is 24.5 Å². The van der Waals surface area contributed by atoms with E-state index in [4.69, 9.17) is 14.6 Å². The maximum absolute atomic E-state index is 5.41. The lowest BCUT2D eigenvalue weighted by atomic mass is 10.1. The third-order valence-corrected chi connectivity index (χ3v) is 6.12. The highest BCUT2D eigenvalue weighted by atomic mass is 32.1. The van der Waals surface area contributed by atoms with Crippen molar-refractivity contribution in [1.29, 1.82) is 0 Å². The Kier molecular flexibility index (Phi) is 4.61. The number of aromatic nitrogens is 4. The van der Waals surface area contributed by atoms with Crippen LogP contribution in [-0.2, 0) is 24.4 Å². The van der Waals surface area contributed by atoms with Crippen molar-refractivity contribution in [3.63, 3.8) is 0 Å². The Morgan fingerprint density at radius 2 is 2.14 bits per heavy atom. The van der Waals surface area contributed by atoms with Gasteiger partial charge in [0.25, 0.3) is 0 Å². The fourth-order valence-electron chi connectivity index (χ4n) is 3.51. The van der Waals surface area contributed by atoms with Gasteiger partial charge >= 0.3 is 0 Å². The van der Waals surface area contributed by atoms with Crippen LogP contribution in [0.5, 0.6) is 5.75 Å². The number of hydrogen-bond acceptors (Lipinski definition) is 8. The Morgan fingerprint density at radius 3 is 2.97 bits per heavy atom. The van der Waals surface area contributed by atoms with Crippen LogP contribution < -0.4 is 4.74 Å². The van der Waals surface area contributed by atoms with Crippen LogP contribution in [0, 0.1) is 0 Å². The zero-order chi connectivity index (χ0) is 19.8. The van der Waals surface area contributed by atoms with E-state index in [1.807, 2.05) is 24.3 Å². The van der Waals surface area contributed by atoms with Crippen LogP contribution in [0.25, 0.3) is 15.9 Å². The highest BCUT2D eigenvalue weighted by Crippen LogP contribution is 2.35. The van der Waals surface area contributed by atoms with E-state index in [0.29, 0.717) is 5.82 Å². The number of methoxy groups -OCH3 is 1. The molecule has 0 amide bonds. The summed E-state index contributed by atoms with van der Waals surface area (Å²) in [5, 5.41) is 9.64. The molecule has 0 spiro atoms. The number of ether oxygens (including phenoxy) is 1. The van der Waals surface area contributed by atoms with E-state index in [0.717, 1.165) is 46.7 Å². The molecular formula is C20H20N6O2S. The largest absolute Gasteiger partial charge is 0.497 e. The number of hydrogen-bond donors (Lipinski definition) is 0. The number of benzene rings is 1. The molecule has 0 N–H and O–H groups in total. The third-order valence-electron chi connectivity index (χ3n) is 5.00. The number of nitrogens with zero attached hydrogens (tertiary/aromatic N) is 6. The Bertz CT molecular complexity index is 1200. The quantitative estimate of drug-likeness (QED) is 0.373. The Hall–Kier alpha value is -3.04. The summed E-state index contributed by atoms with van der Waals surface area (Å²) in [7, 11) is 3.79. The normalized spacial score (nSPS) is 14.7. The first-order valence-corrected chi connectivity index (χ1v) is 10.2. The average Bonchev–Trinajstić information content (AvgIpc) is 3.31. The Balaban J connectivity index is 1.35. The van der Waals surface area contributed by atoms with Gasteiger partial charge in [-0.2, -0.15) is 0 Å². The number of likely N-dealkylation sites (N-methyl/N-ethyl adjacent to an activating group) is 1. The molecule has 0 saturated heterocycles. The van der Waals surface area contributed by atoms with Crippen LogP contribution in [0.1, 0.15) is 21.8 Å². The first kappa shape index (κ1) is 18.0. The lowest BCUT2D eigenvalue weighted by molar-refractivity contribution is 0.126. The van der Waals surface area contributed by atoms with Gasteiger partial charge in [0.05, 0.1) is 18.7 Å². The molecule has 4 aromatic rings. The number of rotatable bonds is 5. The Morgan fingerprint density at radius 1 is 1.28 bits per heavy atom.